The highest BCUT2D eigenvalue weighted by Crippen LogP contribution is 2.18. The molecule has 6 rings (SSSR count). The topological polar surface area (TPSA) is 55.8 Å². The van der Waals surface area contributed by atoms with Gasteiger partial charge in [0.25, 0.3) is 0 Å². The Labute approximate surface area is 236 Å². The van der Waals surface area contributed by atoms with E-state index in [0.29, 0.717) is 0 Å². The Hall–Kier alpha value is -4.07. The molecule has 4 aromatic rings. The summed E-state index contributed by atoms with van der Waals surface area (Å²) in [7, 11) is 0. The van der Waals surface area contributed by atoms with Crippen LogP contribution in [0, 0.1) is 0 Å². The van der Waals surface area contributed by atoms with Gasteiger partial charge in [-0.25, -0.2) is 9.97 Å². The summed E-state index contributed by atoms with van der Waals surface area (Å²) in [6.07, 6.45) is 3.71. The summed E-state index contributed by atoms with van der Waals surface area (Å²) in [5.74, 6) is 2.18. The Kier molecular flexibility index (Phi) is 8.12. The number of pyridine rings is 2. The van der Waals surface area contributed by atoms with Gasteiger partial charge in [0.1, 0.15) is 11.6 Å². The number of anilines is 2. The van der Waals surface area contributed by atoms with Gasteiger partial charge in [0.15, 0.2) is 5.78 Å². The van der Waals surface area contributed by atoms with Crippen LogP contribution in [0.4, 0.5) is 11.6 Å². The lowest BCUT2D eigenvalue weighted by Crippen LogP contribution is -2.46. The van der Waals surface area contributed by atoms with Crippen molar-refractivity contribution in [3.63, 3.8) is 0 Å². The first-order valence-electron chi connectivity index (χ1n) is 14.2. The standard InChI is InChI=1S/C33H36N6O/c40-33(29-11-7-27(8-12-29)25-36-17-21-38(22-18-36)31-5-1-3-15-34-31)30-13-9-28(10-14-30)26-37-19-23-39(24-20-37)32-6-2-4-16-35-32/h1-16H,17-26H2. The van der Waals surface area contributed by atoms with Crippen LogP contribution in [-0.4, -0.2) is 77.9 Å². The maximum absolute atomic E-state index is 13.1. The van der Waals surface area contributed by atoms with Crippen LogP contribution in [0.2, 0.25) is 0 Å². The zero-order valence-corrected chi connectivity index (χ0v) is 22.9. The molecule has 7 heteroatoms. The fourth-order valence-corrected chi connectivity index (χ4v) is 5.56. The summed E-state index contributed by atoms with van der Waals surface area (Å²) in [6, 6.07) is 28.4. The van der Waals surface area contributed by atoms with Gasteiger partial charge >= 0.3 is 0 Å². The average Bonchev–Trinajstić information content (AvgIpc) is 3.03. The van der Waals surface area contributed by atoms with Gasteiger partial charge in [-0.3, -0.25) is 14.6 Å². The number of carbonyl (C=O) groups excluding carboxylic acids is 1. The average molecular weight is 533 g/mol. The maximum atomic E-state index is 13.1. The normalized spacial score (nSPS) is 16.7. The number of hydrogen-bond acceptors (Lipinski definition) is 7. The summed E-state index contributed by atoms with van der Waals surface area (Å²) >= 11 is 0. The molecule has 40 heavy (non-hydrogen) atoms. The molecule has 2 aromatic heterocycles. The lowest BCUT2D eigenvalue weighted by Gasteiger charge is -2.35. The van der Waals surface area contributed by atoms with Gasteiger partial charge in [-0.05, 0) is 35.4 Å². The van der Waals surface area contributed by atoms with E-state index in [1.54, 1.807) is 0 Å². The SMILES string of the molecule is O=C(c1ccc(CN2CCN(c3ccccn3)CC2)cc1)c1ccc(CN2CCN(c3ccccn3)CC2)cc1. The largest absolute Gasteiger partial charge is 0.354 e. The zero-order chi connectivity index (χ0) is 27.1. The van der Waals surface area contributed by atoms with Gasteiger partial charge in [-0.2, -0.15) is 0 Å². The van der Waals surface area contributed by atoms with Gasteiger partial charge in [0.2, 0.25) is 0 Å². The monoisotopic (exact) mass is 532 g/mol. The molecular weight excluding hydrogens is 496 g/mol. The van der Waals surface area contributed by atoms with Gasteiger partial charge in [-0.1, -0.05) is 60.7 Å². The first-order chi connectivity index (χ1) is 19.7. The van der Waals surface area contributed by atoms with Gasteiger partial charge in [0, 0.05) is 89.0 Å². The van der Waals surface area contributed by atoms with E-state index in [2.05, 4.69) is 66.0 Å². The van der Waals surface area contributed by atoms with Crippen molar-refractivity contribution in [2.75, 3.05) is 62.2 Å². The van der Waals surface area contributed by atoms with Crippen molar-refractivity contribution in [1.29, 1.82) is 0 Å². The molecule has 0 atom stereocenters. The Morgan fingerprint density at radius 2 is 0.925 bits per heavy atom. The molecule has 2 aliphatic rings. The van der Waals surface area contributed by atoms with Crippen molar-refractivity contribution in [1.82, 2.24) is 19.8 Å². The minimum absolute atomic E-state index is 0.0750. The number of nitrogens with zero attached hydrogens (tertiary/aromatic N) is 6. The van der Waals surface area contributed by atoms with Crippen molar-refractivity contribution in [2.45, 2.75) is 13.1 Å². The molecule has 0 saturated carbocycles. The van der Waals surface area contributed by atoms with E-state index in [4.69, 9.17) is 0 Å². The minimum atomic E-state index is 0.0750. The second-order valence-electron chi connectivity index (χ2n) is 10.6. The van der Waals surface area contributed by atoms with E-state index < -0.39 is 0 Å². The summed E-state index contributed by atoms with van der Waals surface area (Å²) in [4.78, 5) is 31.7. The van der Waals surface area contributed by atoms with Crippen LogP contribution in [0.1, 0.15) is 27.0 Å². The first-order valence-corrected chi connectivity index (χ1v) is 14.2. The van der Waals surface area contributed by atoms with Crippen molar-refractivity contribution in [3.8, 4) is 0 Å². The first kappa shape index (κ1) is 26.2. The van der Waals surface area contributed by atoms with E-state index in [0.717, 1.165) is 88.2 Å². The number of benzene rings is 2. The van der Waals surface area contributed by atoms with E-state index in [1.807, 2.05) is 60.9 Å². The number of hydrogen-bond donors (Lipinski definition) is 0. The Balaban J connectivity index is 0.976. The van der Waals surface area contributed by atoms with Crippen LogP contribution in [0.25, 0.3) is 0 Å². The lowest BCUT2D eigenvalue weighted by atomic mass is 10.0. The molecule has 0 spiro atoms. The molecule has 0 N–H and O–H groups in total. The zero-order valence-electron chi connectivity index (χ0n) is 22.9. The smallest absolute Gasteiger partial charge is 0.193 e. The van der Waals surface area contributed by atoms with Gasteiger partial charge in [-0.15, -0.1) is 0 Å². The molecular formula is C33H36N6O. The van der Waals surface area contributed by atoms with Crippen LogP contribution in [0.5, 0.6) is 0 Å². The van der Waals surface area contributed by atoms with Crippen LogP contribution in [-0.2, 0) is 13.1 Å². The van der Waals surface area contributed by atoms with Crippen molar-refractivity contribution < 1.29 is 4.79 Å². The Morgan fingerprint density at radius 1 is 0.525 bits per heavy atom. The van der Waals surface area contributed by atoms with Crippen LogP contribution in [0.3, 0.4) is 0 Å². The summed E-state index contributed by atoms with van der Waals surface area (Å²) < 4.78 is 0. The number of aromatic nitrogens is 2. The van der Waals surface area contributed by atoms with Crippen molar-refractivity contribution in [3.05, 3.63) is 120 Å². The van der Waals surface area contributed by atoms with Gasteiger partial charge in [0.05, 0.1) is 0 Å². The Morgan fingerprint density at radius 3 is 1.27 bits per heavy atom. The molecule has 2 aromatic carbocycles. The van der Waals surface area contributed by atoms with Crippen LogP contribution < -0.4 is 9.80 Å². The molecule has 4 heterocycles. The third-order valence-corrected chi connectivity index (χ3v) is 7.94. The third kappa shape index (κ3) is 6.38. The second kappa shape index (κ2) is 12.4. The van der Waals surface area contributed by atoms with E-state index >= 15 is 0 Å². The summed E-state index contributed by atoms with van der Waals surface area (Å²) in [6.45, 7) is 9.72. The van der Waals surface area contributed by atoms with Crippen LogP contribution >= 0.6 is 0 Å². The molecule has 0 radical (unpaired) electrons. The fourth-order valence-electron chi connectivity index (χ4n) is 5.56. The fraction of sp³-hybridized carbons (Fsp3) is 0.303. The summed E-state index contributed by atoms with van der Waals surface area (Å²) in [5, 5.41) is 0. The number of ketones is 1. The molecule has 0 aliphatic carbocycles. The van der Waals surface area contributed by atoms with Crippen LogP contribution in [0.15, 0.2) is 97.3 Å². The molecule has 7 nitrogen and oxygen atoms in total. The number of rotatable bonds is 8. The lowest BCUT2D eigenvalue weighted by molar-refractivity contribution is 0.103. The van der Waals surface area contributed by atoms with Crippen molar-refractivity contribution in [2.24, 2.45) is 0 Å². The summed E-state index contributed by atoms with van der Waals surface area (Å²) in [5.41, 5.74) is 3.95. The molecule has 0 bridgehead atoms. The molecule has 2 aliphatic heterocycles. The molecule has 204 valence electrons. The van der Waals surface area contributed by atoms with E-state index in [9.17, 15) is 4.79 Å². The minimum Gasteiger partial charge on any atom is -0.354 e. The van der Waals surface area contributed by atoms with E-state index in [-0.39, 0.29) is 5.78 Å². The molecule has 0 unspecified atom stereocenters. The predicted octanol–water partition coefficient (Wildman–Crippen LogP) is 4.35. The predicted molar refractivity (Wildman–Crippen MR) is 160 cm³/mol. The molecule has 2 fully saturated rings. The highest BCUT2D eigenvalue weighted by atomic mass is 16.1. The molecule has 0 amide bonds. The highest BCUT2D eigenvalue weighted by molar-refractivity contribution is 6.09. The second-order valence-corrected chi connectivity index (χ2v) is 10.6. The highest BCUT2D eigenvalue weighted by Gasteiger charge is 2.19. The maximum Gasteiger partial charge on any atom is 0.193 e. The third-order valence-electron chi connectivity index (χ3n) is 7.94. The number of piperazine rings is 2. The van der Waals surface area contributed by atoms with E-state index in [1.165, 1.54) is 11.1 Å². The molecule has 2 saturated heterocycles. The van der Waals surface area contributed by atoms with Crippen molar-refractivity contribution >= 4 is 17.4 Å². The number of carbonyl (C=O) groups is 1. The quantitative estimate of drug-likeness (QED) is 0.313. The van der Waals surface area contributed by atoms with Gasteiger partial charge < -0.3 is 9.80 Å². The Bertz CT molecular complexity index is 1260.